The SMILES string of the molecule is O=CC1(CC2CCC2)CCOC1. The Morgan fingerprint density at radius 2 is 2.33 bits per heavy atom. The molecule has 0 aromatic rings. The number of ether oxygens (including phenoxy) is 1. The van der Waals surface area contributed by atoms with E-state index in [1.165, 1.54) is 19.3 Å². The fourth-order valence-corrected chi connectivity index (χ4v) is 2.20. The van der Waals surface area contributed by atoms with Gasteiger partial charge in [-0.2, -0.15) is 0 Å². The normalized spacial score (nSPS) is 36.3. The summed E-state index contributed by atoms with van der Waals surface area (Å²) < 4.78 is 5.29. The van der Waals surface area contributed by atoms with Crippen LogP contribution < -0.4 is 0 Å². The van der Waals surface area contributed by atoms with Crippen molar-refractivity contribution in [1.29, 1.82) is 0 Å². The first-order chi connectivity index (χ1) is 5.85. The first kappa shape index (κ1) is 8.24. The average molecular weight is 168 g/mol. The quantitative estimate of drug-likeness (QED) is 0.600. The molecule has 1 aliphatic carbocycles. The highest BCUT2D eigenvalue weighted by molar-refractivity contribution is 5.60. The van der Waals surface area contributed by atoms with Gasteiger partial charge in [0.05, 0.1) is 12.0 Å². The van der Waals surface area contributed by atoms with Crippen LogP contribution in [0.2, 0.25) is 0 Å². The molecule has 1 unspecified atom stereocenters. The van der Waals surface area contributed by atoms with Gasteiger partial charge in [0.1, 0.15) is 6.29 Å². The van der Waals surface area contributed by atoms with E-state index in [1.807, 2.05) is 0 Å². The van der Waals surface area contributed by atoms with Crippen LogP contribution in [0.15, 0.2) is 0 Å². The molecule has 2 fully saturated rings. The van der Waals surface area contributed by atoms with Crippen molar-refractivity contribution in [3.63, 3.8) is 0 Å². The number of hydrogen-bond donors (Lipinski definition) is 0. The zero-order valence-corrected chi connectivity index (χ0v) is 7.42. The van der Waals surface area contributed by atoms with E-state index in [4.69, 9.17) is 4.74 Å². The second kappa shape index (κ2) is 3.17. The summed E-state index contributed by atoms with van der Waals surface area (Å²) in [5, 5.41) is 0. The summed E-state index contributed by atoms with van der Waals surface area (Å²) >= 11 is 0. The molecule has 1 atom stereocenters. The van der Waals surface area contributed by atoms with Crippen molar-refractivity contribution < 1.29 is 9.53 Å². The Labute approximate surface area is 73.3 Å². The molecule has 2 aliphatic rings. The fraction of sp³-hybridized carbons (Fsp3) is 0.900. The molecule has 12 heavy (non-hydrogen) atoms. The van der Waals surface area contributed by atoms with Gasteiger partial charge in [0.2, 0.25) is 0 Å². The van der Waals surface area contributed by atoms with Crippen LogP contribution in [0, 0.1) is 11.3 Å². The van der Waals surface area contributed by atoms with Crippen molar-refractivity contribution in [3.8, 4) is 0 Å². The average Bonchev–Trinajstić information content (AvgIpc) is 2.46. The third kappa shape index (κ3) is 1.40. The van der Waals surface area contributed by atoms with E-state index in [2.05, 4.69) is 0 Å². The summed E-state index contributed by atoms with van der Waals surface area (Å²) in [6.45, 7) is 1.46. The third-order valence-electron chi connectivity index (χ3n) is 3.30. The molecule has 1 heterocycles. The third-order valence-corrected chi connectivity index (χ3v) is 3.30. The molecule has 1 aliphatic heterocycles. The molecule has 2 nitrogen and oxygen atoms in total. The van der Waals surface area contributed by atoms with Crippen LogP contribution >= 0.6 is 0 Å². The molecule has 1 saturated heterocycles. The number of aldehydes is 1. The Morgan fingerprint density at radius 3 is 2.75 bits per heavy atom. The van der Waals surface area contributed by atoms with Gasteiger partial charge in [-0.05, 0) is 18.8 Å². The molecule has 68 valence electrons. The van der Waals surface area contributed by atoms with E-state index in [-0.39, 0.29) is 5.41 Å². The highest BCUT2D eigenvalue weighted by Gasteiger charge is 2.38. The van der Waals surface area contributed by atoms with Crippen molar-refractivity contribution in [3.05, 3.63) is 0 Å². The van der Waals surface area contributed by atoms with Crippen LogP contribution in [0.4, 0.5) is 0 Å². The van der Waals surface area contributed by atoms with Crippen LogP contribution in [0.25, 0.3) is 0 Å². The highest BCUT2D eigenvalue weighted by Crippen LogP contribution is 2.40. The van der Waals surface area contributed by atoms with Crippen molar-refractivity contribution in [2.75, 3.05) is 13.2 Å². The lowest BCUT2D eigenvalue weighted by atomic mass is 9.72. The standard InChI is InChI=1S/C10H16O2/c11-7-10(4-5-12-8-10)6-9-2-1-3-9/h7,9H,1-6,8H2. The molecule has 2 heteroatoms. The van der Waals surface area contributed by atoms with Crippen LogP contribution in [-0.2, 0) is 9.53 Å². The minimum absolute atomic E-state index is 0.0922. The van der Waals surface area contributed by atoms with Gasteiger partial charge >= 0.3 is 0 Å². The molecule has 0 aromatic heterocycles. The van der Waals surface area contributed by atoms with Crippen LogP contribution in [0.3, 0.4) is 0 Å². The molecule has 0 radical (unpaired) electrons. The Hall–Kier alpha value is -0.370. The second-order valence-electron chi connectivity index (χ2n) is 4.28. The monoisotopic (exact) mass is 168 g/mol. The maximum absolute atomic E-state index is 10.9. The summed E-state index contributed by atoms with van der Waals surface area (Å²) in [6.07, 6.45) is 7.19. The Kier molecular flexibility index (Phi) is 2.18. The van der Waals surface area contributed by atoms with Gasteiger partial charge in [-0.15, -0.1) is 0 Å². The summed E-state index contributed by atoms with van der Waals surface area (Å²) in [6, 6.07) is 0. The zero-order chi connectivity index (χ0) is 8.44. The molecule has 0 spiro atoms. The molecule has 0 aromatic carbocycles. The number of hydrogen-bond acceptors (Lipinski definition) is 2. The maximum Gasteiger partial charge on any atom is 0.128 e. The minimum atomic E-state index is -0.0922. The van der Waals surface area contributed by atoms with Crippen LogP contribution in [0.1, 0.15) is 32.1 Å². The van der Waals surface area contributed by atoms with Crippen LogP contribution in [-0.4, -0.2) is 19.5 Å². The van der Waals surface area contributed by atoms with E-state index in [1.54, 1.807) is 0 Å². The second-order valence-corrected chi connectivity index (χ2v) is 4.28. The summed E-state index contributed by atoms with van der Waals surface area (Å²) in [7, 11) is 0. The van der Waals surface area contributed by atoms with Gasteiger partial charge in [0.25, 0.3) is 0 Å². The van der Waals surface area contributed by atoms with E-state index < -0.39 is 0 Å². The van der Waals surface area contributed by atoms with Gasteiger partial charge in [-0.1, -0.05) is 19.3 Å². The van der Waals surface area contributed by atoms with Crippen molar-refractivity contribution in [1.82, 2.24) is 0 Å². The zero-order valence-electron chi connectivity index (χ0n) is 7.42. The first-order valence-corrected chi connectivity index (χ1v) is 4.89. The van der Waals surface area contributed by atoms with E-state index in [0.717, 1.165) is 31.7 Å². The van der Waals surface area contributed by atoms with Crippen molar-refractivity contribution >= 4 is 6.29 Å². The molecular formula is C10H16O2. The highest BCUT2D eigenvalue weighted by atomic mass is 16.5. The number of carbonyl (C=O) groups is 1. The minimum Gasteiger partial charge on any atom is -0.380 e. The lowest BCUT2D eigenvalue weighted by Gasteiger charge is -2.32. The number of rotatable bonds is 3. The Balaban J connectivity index is 1.91. The smallest absolute Gasteiger partial charge is 0.128 e. The van der Waals surface area contributed by atoms with E-state index in [9.17, 15) is 4.79 Å². The van der Waals surface area contributed by atoms with Gasteiger partial charge in [0, 0.05) is 6.61 Å². The van der Waals surface area contributed by atoms with E-state index >= 15 is 0 Å². The van der Waals surface area contributed by atoms with Crippen LogP contribution in [0.5, 0.6) is 0 Å². The molecule has 1 saturated carbocycles. The molecule has 0 amide bonds. The Bertz CT molecular complexity index is 167. The molecular weight excluding hydrogens is 152 g/mol. The molecule has 2 rings (SSSR count). The largest absolute Gasteiger partial charge is 0.380 e. The lowest BCUT2D eigenvalue weighted by Crippen LogP contribution is -2.28. The topological polar surface area (TPSA) is 26.3 Å². The van der Waals surface area contributed by atoms with E-state index in [0.29, 0.717) is 6.61 Å². The lowest BCUT2D eigenvalue weighted by molar-refractivity contribution is -0.117. The fourth-order valence-electron chi connectivity index (χ4n) is 2.20. The van der Waals surface area contributed by atoms with Gasteiger partial charge < -0.3 is 9.53 Å². The maximum atomic E-state index is 10.9. The predicted octanol–water partition coefficient (Wildman–Crippen LogP) is 1.78. The van der Waals surface area contributed by atoms with Gasteiger partial charge in [-0.25, -0.2) is 0 Å². The summed E-state index contributed by atoms with van der Waals surface area (Å²) in [5.41, 5.74) is -0.0922. The van der Waals surface area contributed by atoms with Crippen molar-refractivity contribution in [2.45, 2.75) is 32.1 Å². The summed E-state index contributed by atoms with van der Waals surface area (Å²) in [5.74, 6) is 0.817. The Morgan fingerprint density at radius 1 is 1.50 bits per heavy atom. The van der Waals surface area contributed by atoms with Gasteiger partial charge in [0.15, 0.2) is 0 Å². The molecule has 0 N–H and O–H groups in total. The van der Waals surface area contributed by atoms with Gasteiger partial charge in [-0.3, -0.25) is 0 Å². The summed E-state index contributed by atoms with van der Waals surface area (Å²) in [4.78, 5) is 10.9. The predicted molar refractivity (Wildman–Crippen MR) is 45.9 cm³/mol. The first-order valence-electron chi connectivity index (χ1n) is 4.89. The molecule has 0 bridgehead atoms. The van der Waals surface area contributed by atoms with Crippen molar-refractivity contribution in [2.24, 2.45) is 11.3 Å². The number of carbonyl (C=O) groups excluding carboxylic acids is 1.